The number of alkyl halides is 1. The number of aliphatic hydroxyl groups excluding tert-OH is 2. The predicted molar refractivity (Wildman–Crippen MR) is 191 cm³/mol. The number of hydrogen-bond acceptors (Lipinski definition) is 16. The van der Waals surface area contributed by atoms with Crippen LogP contribution in [0.3, 0.4) is 0 Å². The van der Waals surface area contributed by atoms with E-state index in [0.29, 0.717) is 25.0 Å². The van der Waals surface area contributed by atoms with Crippen LogP contribution in [0.2, 0.25) is 0 Å². The number of allylic oxidation sites excluding steroid dienone is 4. The number of oxime groups is 1. The van der Waals surface area contributed by atoms with Gasteiger partial charge in [-0.1, -0.05) is 30.7 Å². The van der Waals surface area contributed by atoms with Gasteiger partial charge in [-0.2, -0.15) is 0 Å². The molecule has 0 amide bonds. The van der Waals surface area contributed by atoms with Gasteiger partial charge in [-0.25, -0.2) is 4.39 Å². The van der Waals surface area contributed by atoms with Gasteiger partial charge >= 0.3 is 23.9 Å². The molecule has 3 N–H and O–H groups in total. The van der Waals surface area contributed by atoms with Gasteiger partial charge in [-0.15, -0.1) is 0 Å². The summed E-state index contributed by atoms with van der Waals surface area (Å²) < 4.78 is 50.8. The van der Waals surface area contributed by atoms with Crippen LogP contribution in [-0.4, -0.2) is 125 Å². The average Bonchev–Trinajstić information content (AvgIpc) is 3.32. The molecule has 5 rings (SSSR count). The molecule has 17 heteroatoms. The topological polar surface area (TPSA) is 223 Å². The lowest BCUT2D eigenvalue weighted by atomic mass is 9.44. The van der Waals surface area contributed by atoms with E-state index in [4.69, 9.17) is 33.3 Å². The van der Waals surface area contributed by atoms with Crippen LogP contribution in [0, 0.1) is 28.6 Å². The van der Waals surface area contributed by atoms with E-state index in [1.54, 1.807) is 39.0 Å². The molecule has 3 saturated carbocycles. The van der Waals surface area contributed by atoms with Crippen molar-refractivity contribution in [2.45, 2.75) is 129 Å². The minimum atomic E-state index is -2.09. The Kier molecular flexibility index (Phi) is 12.9. The Balaban J connectivity index is 1.24. The summed E-state index contributed by atoms with van der Waals surface area (Å²) in [5.74, 6) is -5.20. The van der Waals surface area contributed by atoms with Crippen LogP contribution >= 0.6 is 0 Å². The molecular weight excluding hydrogens is 741 g/mol. The fourth-order valence-corrected chi connectivity index (χ4v) is 10.1. The van der Waals surface area contributed by atoms with Crippen LogP contribution in [0.5, 0.6) is 0 Å². The standard InChI is InChI=1S/C39H54FNO15/c1-20-15-28-27-10-9-25-16-26(11-12-36(25,6)38(27,40)30(47)17-37(28,7)39(20,49)31(48)18-42)41-52-14-8-13-50-35-34(55-24(5)46)33(54-23(4)45)32(53-22(3)44)29(56-35)19-51-21(2)43/h11-12,16,20,27-30,32-35,42,47,49H,8-10,13-15,17-19H2,1-7H3/b41-26-/t20-,27?,28+,29-,30+,32-,33+,34+,35+,36+,37+,38+,39+/m1/s1. The summed E-state index contributed by atoms with van der Waals surface area (Å²) >= 11 is 0. The van der Waals surface area contributed by atoms with Gasteiger partial charge in [0.1, 0.15) is 37.2 Å². The molecule has 1 saturated heterocycles. The number of hydrogen-bond donors (Lipinski definition) is 3. The van der Waals surface area contributed by atoms with Gasteiger partial charge in [0.25, 0.3) is 0 Å². The summed E-state index contributed by atoms with van der Waals surface area (Å²) in [5, 5.41) is 37.2. The van der Waals surface area contributed by atoms with Gasteiger partial charge < -0.3 is 48.6 Å². The van der Waals surface area contributed by atoms with Crippen LogP contribution in [0.25, 0.3) is 0 Å². The normalized spacial score (nSPS) is 40.7. The van der Waals surface area contributed by atoms with Gasteiger partial charge in [0.2, 0.25) is 0 Å². The largest absolute Gasteiger partial charge is 0.463 e. The van der Waals surface area contributed by atoms with E-state index >= 15 is 4.39 Å². The van der Waals surface area contributed by atoms with Crippen molar-refractivity contribution in [3.8, 4) is 0 Å². The van der Waals surface area contributed by atoms with Gasteiger partial charge in [-0.05, 0) is 56.6 Å². The minimum absolute atomic E-state index is 0.0328. The molecule has 1 heterocycles. The Bertz CT molecular complexity index is 1650. The Morgan fingerprint density at radius 3 is 2.21 bits per heavy atom. The number of aliphatic hydroxyl groups is 3. The van der Waals surface area contributed by atoms with E-state index < -0.39 is 120 Å². The molecule has 56 heavy (non-hydrogen) atoms. The molecule has 4 aliphatic carbocycles. The minimum Gasteiger partial charge on any atom is -0.463 e. The number of esters is 4. The Hall–Kier alpha value is -3.77. The molecular formula is C39H54FNO15. The molecule has 1 unspecified atom stereocenters. The predicted octanol–water partition coefficient (Wildman–Crippen LogP) is 2.19. The number of halogens is 1. The first-order valence-corrected chi connectivity index (χ1v) is 19.0. The van der Waals surface area contributed by atoms with Crippen molar-refractivity contribution >= 4 is 35.4 Å². The van der Waals surface area contributed by atoms with Crippen LogP contribution in [0.1, 0.15) is 80.6 Å². The third-order valence-electron chi connectivity index (χ3n) is 12.6. The van der Waals surface area contributed by atoms with E-state index in [1.165, 1.54) is 6.92 Å². The maximum Gasteiger partial charge on any atom is 0.303 e. The zero-order valence-corrected chi connectivity index (χ0v) is 32.9. The lowest BCUT2D eigenvalue weighted by Gasteiger charge is -2.62. The van der Waals surface area contributed by atoms with Gasteiger partial charge in [0.05, 0.1) is 12.7 Å². The average molecular weight is 796 g/mol. The molecule has 4 fully saturated rings. The molecule has 0 aromatic heterocycles. The van der Waals surface area contributed by atoms with Gasteiger partial charge in [0, 0.05) is 50.9 Å². The molecule has 312 valence electrons. The van der Waals surface area contributed by atoms with Crippen LogP contribution in [0.4, 0.5) is 4.39 Å². The summed E-state index contributed by atoms with van der Waals surface area (Å²) in [6, 6.07) is 0. The first kappa shape index (κ1) is 43.4. The lowest BCUT2D eigenvalue weighted by molar-refractivity contribution is -0.308. The molecule has 0 spiro atoms. The summed E-state index contributed by atoms with van der Waals surface area (Å²) in [4.78, 5) is 66.1. The van der Waals surface area contributed by atoms with E-state index in [1.807, 2.05) is 0 Å². The zero-order valence-electron chi connectivity index (χ0n) is 32.9. The molecule has 0 radical (unpaired) electrons. The van der Waals surface area contributed by atoms with Gasteiger partial charge in [-0.3, -0.25) is 24.0 Å². The zero-order chi connectivity index (χ0) is 41.4. The number of ketones is 1. The number of nitrogens with zero attached hydrogens (tertiary/aromatic N) is 1. The Labute approximate surface area is 324 Å². The number of carbonyl (C=O) groups is 5. The van der Waals surface area contributed by atoms with Crippen molar-refractivity contribution in [3.05, 3.63) is 23.8 Å². The van der Waals surface area contributed by atoms with Crippen LogP contribution in [-0.2, 0) is 57.2 Å². The molecule has 5 aliphatic rings. The molecule has 0 aromatic carbocycles. The number of Topliss-reactive ketones (excluding diaryl/α,β-unsaturated/α-hetero) is 1. The van der Waals surface area contributed by atoms with Crippen molar-refractivity contribution in [3.63, 3.8) is 0 Å². The van der Waals surface area contributed by atoms with Crippen molar-refractivity contribution in [2.75, 3.05) is 26.4 Å². The number of ether oxygens (including phenoxy) is 6. The van der Waals surface area contributed by atoms with Crippen molar-refractivity contribution in [2.24, 2.45) is 33.7 Å². The first-order chi connectivity index (χ1) is 26.2. The van der Waals surface area contributed by atoms with E-state index in [2.05, 4.69) is 5.16 Å². The van der Waals surface area contributed by atoms with E-state index in [9.17, 15) is 39.3 Å². The number of fused-ring (bicyclic) bond motifs is 5. The second kappa shape index (κ2) is 16.6. The Morgan fingerprint density at radius 2 is 1.59 bits per heavy atom. The van der Waals surface area contributed by atoms with Crippen molar-refractivity contribution in [1.29, 1.82) is 0 Å². The quantitative estimate of drug-likeness (QED) is 0.105. The highest BCUT2D eigenvalue weighted by atomic mass is 19.1. The first-order valence-electron chi connectivity index (χ1n) is 19.0. The number of rotatable bonds is 13. The third kappa shape index (κ3) is 7.64. The van der Waals surface area contributed by atoms with E-state index in [0.717, 1.165) is 26.3 Å². The summed E-state index contributed by atoms with van der Waals surface area (Å²) in [7, 11) is 0. The molecule has 0 bridgehead atoms. The lowest BCUT2D eigenvalue weighted by Crippen LogP contribution is -2.69. The maximum absolute atomic E-state index is 17.7. The van der Waals surface area contributed by atoms with Crippen LogP contribution in [0.15, 0.2) is 29.0 Å². The number of carbonyl (C=O) groups excluding carboxylic acids is 5. The summed E-state index contributed by atoms with van der Waals surface area (Å²) in [6.45, 7) is 8.56. The highest BCUT2D eigenvalue weighted by Gasteiger charge is 2.75. The SMILES string of the molecule is CC(=O)OC[C@H]1O[C@H](OCCCO/N=C2/C=C[C@@]3(C)C(=C2)CCC2[C@@H]4C[C@@H](C)[C@](O)(C(=O)CO)[C@@]4(C)C[C@H](O)[C@@]23F)[C@@H](OC(C)=O)[C@@H](OC(C)=O)[C@@H]1OC(C)=O. The summed E-state index contributed by atoms with van der Waals surface area (Å²) in [6.07, 6.45) is -1.59. The second-order valence-electron chi connectivity index (χ2n) is 16.0. The molecule has 13 atom stereocenters. The van der Waals surface area contributed by atoms with Crippen LogP contribution < -0.4 is 0 Å². The van der Waals surface area contributed by atoms with E-state index in [-0.39, 0.29) is 26.1 Å². The monoisotopic (exact) mass is 795 g/mol. The molecule has 0 aromatic rings. The second-order valence-corrected chi connectivity index (χ2v) is 16.0. The Morgan fingerprint density at radius 1 is 0.946 bits per heavy atom. The fraction of sp³-hybridized carbons (Fsp3) is 0.744. The molecule has 16 nitrogen and oxygen atoms in total. The maximum atomic E-state index is 17.7. The fourth-order valence-electron chi connectivity index (χ4n) is 10.1. The molecule has 1 aliphatic heterocycles. The smallest absolute Gasteiger partial charge is 0.303 e. The highest BCUT2D eigenvalue weighted by Crippen LogP contribution is 2.70. The van der Waals surface area contributed by atoms with Crippen molar-refractivity contribution in [1.82, 2.24) is 0 Å². The highest BCUT2D eigenvalue weighted by molar-refractivity contribution is 6.05. The third-order valence-corrected chi connectivity index (χ3v) is 12.6. The van der Waals surface area contributed by atoms with Gasteiger partial charge in [0.15, 0.2) is 36.1 Å². The summed E-state index contributed by atoms with van der Waals surface area (Å²) in [5.41, 5.74) is -5.13. The van der Waals surface area contributed by atoms with Crippen molar-refractivity contribution < 1.29 is 76.9 Å².